The topological polar surface area (TPSA) is 58.1 Å². The smallest absolute Gasteiger partial charge is 0.191 e. The van der Waals surface area contributed by atoms with Gasteiger partial charge in [0.15, 0.2) is 5.96 Å². The van der Waals surface area contributed by atoms with Gasteiger partial charge in [0.1, 0.15) is 5.75 Å². The molecule has 0 spiro atoms. The normalized spacial score (nSPS) is 11.7. The number of ether oxygens (including phenoxy) is 2. The summed E-state index contributed by atoms with van der Waals surface area (Å²) >= 11 is 0. The Balaban J connectivity index is 2.03. The number of benzene rings is 1. The van der Waals surface area contributed by atoms with Crippen LogP contribution in [0.3, 0.4) is 0 Å². The number of guanidine groups is 1. The van der Waals surface area contributed by atoms with Gasteiger partial charge in [0.05, 0.1) is 6.61 Å². The van der Waals surface area contributed by atoms with Crippen molar-refractivity contribution in [2.75, 3.05) is 60.6 Å². The largest absolute Gasteiger partial charge is 0.494 e. The molecule has 0 aliphatic rings. The molecule has 0 radical (unpaired) electrons. The summed E-state index contributed by atoms with van der Waals surface area (Å²) in [7, 11) is 5.67. The zero-order valence-corrected chi connectivity index (χ0v) is 16.9. The maximum absolute atomic E-state index is 5.74. The zero-order chi connectivity index (χ0) is 19.0. The second kappa shape index (κ2) is 14.4. The predicted octanol–water partition coefficient (Wildman–Crippen LogP) is 2.29. The minimum atomic E-state index is 0.739. The minimum Gasteiger partial charge on any atom is -0.494 e. The summed E-state index contributed by atoms with van der Waals surface area (Å²) in [6.07, 6.45) is 3.12. The van der Waals surface area contributed by atoms with Crippen molar-refractivity contribution in [1.82, 2.24) is 15.5 Å². The van der Waals surface area contributed by atoms with Crippen LogP contribution in [0.25, 0.3) is 0 Å². The van der Waals surface area contributed by atoms with Crippen molar-refractivity contribution in [3.63, 3.8) is 0 Å². The van der Waals surface area contributed by atoms with Crippen LogP contribution in [0, 0.1) is 6.92 Å². The number of unbranched alkanes of at least 4 members (excludes halogenated alkanes) is 1. The Bertz CT molecular complexity index is 491. The van der Waals surface area contributed by atoms with Crippen LogP contribution < -0.4 is 15.4 Å². The SMILES string of the molecule is CN=C(NCCCCOc1ccc(C)cc1)NCCN(C)CCCOC. The number of nitrogens with one attached hydrogen (secondary N) is 2. The van der Waals surface area contributed by atoms with E-state index in [9.17, 15) is 0 Å². The predicted molar refractivity (Wildman–Crippen MR) is 109 cm³/mol. The summed E-state index contributed by atoms with van der Waals surface area (Å²) in [5.74, 6) is 1.80. The van der Waals surface area contributed by atoms with Crippen LogP contribution in [0.4, 0.5) is 0 Å². The Labute approximate surface area is 159 Å². The van der Waals surface area contributed by atoms with Gasteiger partial charge in [-0.15, -0.1) is 0 Å². The third kappa shape index (κ3) is 10.9. The van der Waals surface area contributed by atoms with Gasteiger partial charge >= 0.3 is 0 Å². The Hall–Kier alpha value is -1.79. The lowest BCUT2D eigenvalue weighted by molar-refractivity contribution is 0.180. The molecule has 6 nitrogen and oxygen atoms in total. The van der Waals surface area contributed by atoms with Crippen molar-refractivity contribution >= 4 is 5.96 Å². The second-order valence-electron chi connectivity index (χ2n) is 6.44. The fourth-order valence-corrected chi connectivity index (χ4v) is 2.43. The zero-order valence-electron chi connectivity index (χ0n) is 16.9. The van der Waals surface area contributed by atoms with Crippen LogP contribution in [0.5, 0.6) is 5.75 Å². The Morgan fingerprint density at radius 3 is 2.42 bits per heavy atom. The number of rotatable bonds is 13. The highest BCUT2D eigenvalue weighted by Crippen LogP contribution is 2.11. The van der Waals surface area contributed by atoms with Crippen molar-refractivity contribution in [3.8, 4) is 5.75 Å². The molecule has 1 aromatic rings. The van der Waals surface area contributed by atoms with E-state index in [1.165, 1.54) is 5.56 Å². The van der Waals surface area contributed by atoms with E-state index < -0.39 is 0 Å². The molecule has 1 aromatic carbocycles. The Kier molecular flexibility index (Phi) is 12.3. The molecule has 2 N–H and O–H groups in total. The lowest BCUT2D eigenvalue weighted by Crippen LogP contribution is -2.41. The fourth-order valence-electron chi connectivity index (χ4n) is 2.43. The number of aliphatic imine (C=N–C) groups is 1. The van der Waals surface area contributed by atoms with Crippen molar-refractivity contribution < 1.29 is 9.47 Å². The summed E-state index contributed by atoms with van der Waals surface area (Å²) < 4.78 is 10.8. The van der Waals surface area contributed by atoms with Crippen molar-refractivity contribution in [2.45, 2.75) is 26.2 Å². The van der Waals surface area contributed by atoms with E-state index in [1.807, 2.05) is 12.1 Å². The highest BCUT2D eigenvalue weighted by Gasteiger charge is 2.00. The first-order valence-electron chi connectivity index (χ1n) is 9.47. The van der Waals surface area contributed by atoms with E-state index in [0.717, 1.165) is 70.4 Å². The molecule has 26 heavy (non-hydrogen) atoms. The average molecular weight is 365 g/mol. The highest BCUT2D eigenvalue weighted by molar-refractivity contribution is 5.79. The quantitative estimate of drug-likeness (QED) is 0.319. The van der Waals surface area contributed by atoms with Gasteiger partial charge in [-0.1, -0.05) is 17.7 Å². The summed E-state index contributed by atoms with van der Waals surface area (Å²) in [5.41, 5.74) is 1.25. The van der Waals surface area contributed by atoms with Crippen LogP contribution in [-0.2, 0) is 4.74 Å². The third-order valence-electron chi connectivity index (χ3n) is 4.05. The van der Waals surface area contributed by atoms with E-state index in [0.29, 0.717) is 0 Å². The summed E-state index contributed by atoms with van der Waals surface area (Å²) in [4.78, 5) is 6.55. The molecular weight excluding hydrogens is 328 g/mol. The van der Waals surface area contributed by atoms with Crippen molar-refractivity contribution in [2.24, 2.45) is 4.99 Å². The fraction of sp³-hybridized carbons (Fsp3) is 0.650. The van der Waals surface area contributed by atoms with E-state index >= 15 is 0 Å². The van der Waals surface area contributed by atoms with Crippen molar-refractivity contribution in [3.05, 3.63) is 29.8 Å². The van der Waals surface area contributed by atoms with Crippen LogP contribution >= 0.6 is 0 Å². The molecule has 0 aromatic heterocycles. The van der Waals surface area contributed by atoms with Gasteiger partial charge < -0.3 is 25.0 Å². The number of hydrogen-bond acceptors (Lipinski definition) is 4. The molecule has 0 saturated heterocycles. The molecule has 0 aliphatic carbocycles. The van der Waals surface area contributed by atoms with E-state index in [-0.39, 0.29) is 0 Å². The highest BCUT2D eigenvalue weighted by atomic mass is 16.5. The Morgan fingerprint density at radius 1 is 1.00 bits per heavy atom. The first kappa shape index (κ1) is 22.3. The number of likely N-dealkylation sites (N-methyl/N-ethyl adjacent to an activating group) is 1. The first-order valence-corrected chi connectivity index (χ1v) is 9.47. The maximum atomic E-state index is 5.74. The Morgan fingerprint density at radius 2 is 1.73 bits per heavy atom. The lowest BCUT2D eigenvalue weighted by Gasteiger charge is -2.18. The molecular formula is C20H36N4O2. The van der Waals surface area contributed by atoms with Gasteiger partial charge in [-0.25, -0.2) is 0 Å². The van der Waals surface area contributed by atoms with Gasteiger partial charge in [0.2, 0.25) is 0 Å². The number of nitrogens with zero attached hydrogens (tertiary/aromatic N) is 2. The number of aryl methyl sites for hydroxylation is 1. The van der Waals surface area contributed by atoms with Crippen molar-refractivity contribution in [1.29, 1.82) is 0 Å². The van der Waals surface area contributed by atoms with Gasteiger partial charge in [-0.3, -0.25) is 4.99 Å². The first-order chi connectivity index (χ1) is 12.7. The monoisotopic (exact) mass is 364 g/mol. The molecule has 0 saturated carbocycles. The van der Waals surface area contributed by atoms with Crippen LogP contribution in [-0.4, -0.2) is 71.5 Å². The molecule has 0 amide bonds. The molecule has 0 aliphatic heterocycles. The molecule has 0 heterocycles. The molecule has 148 valence electrons. The van der Waals surface area contributed by atoms with Crippen LogP contribution in [0.1, 0.15) is 24.8 Å². The lowest BCUT2D eigenvalue weighted by atomic mass is 10.2. The van der Waals surface area contributed by atoms with Gasteiger partial charge in [-0.2, -0.15) is 0 Å². The summed E-state index contributed by atoms with van der Waals surface area (Å²) in [6, 6.07) is 8.18. The second-order valence-corrected chi connectivity index (χ2v) is 6.44. The van der Waals surface area contributed by atoms with E-state index in [1.54, 1.807) is 14.2 Å². The minimum absolute atomic E-state index is 0.739. The summed E-state index contributed by atoms with van der Waals surface area (Å²) in [6.45, 7) is 7.42. The standard InChI is InChI=1S/C20H36N4O2/c1-18-8-10-19(11-9-18)26-17-6-5-12-22-20(21-2)23-13-15-24(3)14-7-16-25-4/h8-11H,5-7,12-17H2,1-4H3,(H2,21,22,23). The molecule has 0 fully saturated rings. The molecule has 0 bridgehead atoms. The molecule has 0 atom stereocenters. The van der Waals surface area contributed by atoms with E-state index in [2.05, 4.69) is 46.6 Å². The summed E-state index contributed by atoms with van der Waals surface area (Å²) in [5, 5.41) is 6.69. The van der Waals surface area contributed by atoms with Crippen LogP contribution in [0.2, 0.25) is 0 Å². The number of methoxy groups -OCH3 is 1. The van der Waals surface area contributed by atoms with Gasteiger partial charge in [0, 0.05) is 46.9 Å². The molecule has 6 heteroatoms. The molecule has 0 unspecified atom stereocenters. The van der Waals surface area contributed by atoms with Crippen LogP contribution in [0.15, 0.2) is 29.3 Å². The van der Waals surface area contributed by atoms with Gasteiger partial charge in [-0.05, 0) is 45.4 Å². The number of hydrogen-bond donors (Lipinski definition) is 2. The maximum Gasteiger partial charge on any atom is 0.191 e. The molecule has 1 rings (SSSR count). The van der Waals surface area contributed by atoms with Gasteiger partial charge in [0.25, 0.3) is 0 Å². The average Bonchev–Trinajstić information content (AvgIpc) is 2.64. The van der Waals surface area contributed by atoms with E-state index in [4.69, 9.17) is 9.47 Å². The third-order valence-corrected chi connectivity index (χ3v) is 4.05.